The molecular formula is C23H16ClNO. The predicted octanol–water partition coefficient (Wildman–Crippen LogP) is 6.34. The summed E-state index contributed by atoms with van der Waals surface area (Å²) in [4.78, 5) is 4.76. The molecule has 1 heterocycles. The number of rotatable bonds is 1. The maximum absolute atomic E-state index is 10.4. The Kier molecular flexibility index (Phi) is 3.98. The average molecular weight is 358 g/mol. The lowest BCUT2D eigenvalue weighted by atomic mass is 9.94. The van der Waals surface area contributed by atoms with Crippen molar-refractivity contribution in [3.05, 3.63) is 84.9 Å². The van der Waals surface area contributed by atoms with Crippen LogP contribution in [-0.4, -0.2) is 10.1 Å². The summed E-state index contributed by atoms with van der Waals surface area (Å²) < 4.78 is 0. The molecule has 0 bridgehead atoms. The lowest BCUT2D eigenvalue weighted by Gasteiger charge is -2.13. The van der Waals surface area contributed by atoms with E-state index in [4.69, 9.17) is 4.98 Å². The third kappa shape index (κ3) is 2.47. The van der Waals surface area contributed by atoms with Crippen LogP contribution in [0.25, 0.3) is 43.7 Å². The van der Waals surface area contributed by atoms with Gasteiger partial charge in [0.15, 0.2) is 0 Å². The lowest BCUT2D eigenvalue weighted by molar-refractivity contribution is 0.480. The summed E-state index contributed by atoms with van der Waals surface area (Å²) in [6, 6.07) is 28.5. The summed E-state index contributed by atoms with van der Waals surface area (Å²) in [5.41, 5.74) is 3.78. The Morgan fingerprint density at radius 3 is 2.12 bits per heavy atom. The van der Waals surface area contributed by atoms with E-state index >= 15 is 0 Å². The van der Waals surface area contributed by atoms with Crippen LogP contribution in [0.3, 0.4) is 0 Å². The molecule has 0 spiro atoms. The molecule has 5 rings (SSSR count). The summed E-state index contributed by atoms with van der Waals surface area (Å²) in [5, 5.41) is 14.8. The molecule has 26 heavy (non-hydrogen) atoms. The van der Waals surface area contributed by atoms with Crippen molar-refractivity contribution >= 4 is 45.0 Å². The Labute approximate surface area is 157 Å². The van der Waals surface area contributed by atoms with Gasteiger partial charge >= 0.3 is 0 Å². The summed E-state index contributed by atoms with van der Waals surface area (Å²) in [7, 11) is 0. The van der Waals surface area contributed by atoms with Crippen molar-refractivity contribution in [2.45, 2.75) is 0 Å². The van der Waals surface area contributed by atoms with Gasteiger partial charge in [-0.25, -0.2) is 4.98 Å². The fourth-order valence-corrected chi connectivity index (χ4v) is 3.55. The van der Waals surface area contributed by atoms with Gasteiger partial charge in [0.05, 0.1) is 5.52 Å². The minimum absolute atomic E-state index is 0. The Hall–Kier alpha value is -3.10. The van der Waals surface area contributed by atoms with Crippen LogP contribution in [0.5, 0.6) is 5.75 Å². The van der Waals surface area contributed by atoms with Crippen molar-refractivity contribution in [2.75, 3.05) is 0 Å². The molecule has 0 aliphatic heterocycles. The molecule has 2 nitrogen and oxygen atoms in total. The summed E-state index contributed by atoms with van der Waals surface area (Å²) in [6.07, 6.45) is 0. The van der Waals surface area contributed by atoms with E-state index in [-0.39, 0.29) is 18.2 Å². The van der Waals surface area contributed by atoms with Gasteiger partial charge < -0.3 is 5.11 Å². The van der Waals surface area contributed by atoms with Crippen molar-refractivity contribution in [1.82, 2.24) is 4.98 Å². The fraction of sp³-hybridized carbons (Fsp3) is 0. The fourth-order valence-electron chi connectivity index (χ4n) is 3.55. The molecule has 0 atom stereocenters. The molecule has 1 aromatic heterocycles. The highest BCUT2D eigenvalue weighted by Gasteiger charge is 2.13. The van der Waals surface area contributed by atoms with Gasteiger partial charge in [0.2, 0.25) is 0 Å². The van der Waals surface area contributed by atoms with Crippen molar-refractivity contribution in [3.63, 3.8) is 0 Å². The average Bonchev–Trinajstić information content (AvgIpc) is 2.66. The number of benzene rings is 4. The molecule has 0 saturated heterocycles. The molecule has 0 unspecified atom stereocenters. The maximum atomic E-state index is 10.4. The van der Waals surface area contributed by atoms with Gasteiger partial charge in [-0.05, 0) is 34.5 Å². The molecule has 0 aliphatic carbocycles. The number of pyridine rings is 1. The largest absolute Gasteiger partial charge is 0.506 e. The third-order valence-corrected chi connectivity index (χ3v) is 4.71. The highest BCUT2D eigenvalue weighted by Crippen LogP contribution is 2.38. The molecule has 0 fully saturated rings. The van der Waals surface area contributed by atoms with Crippen molar-refractivity contribution in [2.24, 2.45) is 0 Å². The summed E-state index contributed by atoms with van der Waals surface area (Å²) in [5.74, 6) is 0.213. The summed E-state index contributed by atoms with van der Waals surface area (Å²) >= 11 is 0. The zero-order valence-corrected chi connectivity index (χ0v) is 14.7. The number of aromatic hydroxyl groups is 1. The molecule has 4 aromatic carbocycles. The first-order valence-electron chi connectivity index (χ1n) is 8.31. The van der Waals surface area contributed by atoms with Crippen LogP contribution in [0.4, 0.5) is 0 Å². The van der Waals surface area contributed by atoms with Crippen molar-refractivity contribution in [1.29, 1.82) is 0 Å². The molecule has 0 radical (unpaired) electrons. The molecule has 1 N–H and O–H groups in total. The quantitative estimate of drug-likeness (QED) is 0.355. The number of phenols is 1. The first-order chi connectivity index (χ1) is 12.3. The van der Waals surface area contributed by atoms with Crippen LogP contribution in [0.1, 0.15) is 0 Å². The number of aromatic nitrogens is 1. The second kappa shape index (κ2) is 6.32. The van der Waals surface area contributed by atoms with E-state index in [0.717, 1.165) is 32.8 Å². The molecule has 0 saturated carbocycles. The Bertz CT molecular complexity index is 1250. The predicted molar refractivity (Wildman–Crippen MR) is 111 cm³/mol. The molecular weight excluding hydrogens is 342 g/mol. The monoisotopic (exact) mass is 357 g/mol. The van der Waals surface area contributed by atoms with Crippen molar-refractivity contribution in [3.8, 4) is 16.9 Å². The smallest absolute Gasteiger partial charge is 0.141 e. The highest BCUT2D eigenvalue weighted by atomic mass is 35.5. The minimum Gasteiger partial charge on any atom is -0.506 e. The normalized spacial score (nSPS) is 10.9. The van der Waals surface area contributed by atoms with Crippen LogP contribution in [0.15, 0.2) is 84.9 Å². The SMILES string of the molecule is Cl.Oc1cccc2c(-c3ccccc3)c3cc4ccccc4cc3nc12. The first-order valence-corrected chi connectivity index (χ1v) is 8.31. The van der Waals surface area contributed by atoms with Crippen LogP contribution in [0, 0.1) is 0 Å². The number of nitrogens with zero attached hydrogens (tertiary/aromatic N) is 1. The van der Waals surface area contributed by atoms with E-state index < -0.39 is 0 Å². The Morgan fingerprint density at radius 1 is 0.654 bits per heavy atom. The van der Waals surface area contributed by atoms with Gasteiger partial charge in [0.1, 0.15) is 11.3 Å². The zero-order chi connectivity index (χ0) is 16.8. The van der Waals surface area contributed by atoms with Crippen LogP contribution in [-0.2, 0) is 0 Å². The van der Waals surface area contributed by atoms with Gasteiger partial charge in [0.25, 0.3) is 0 Å². The first kappa shape index (κ1) is 16.4. The van der Waals surface area contributed by atoms with Gasteiger partial charge in [0, 0.05) is 16.3 Å². The Morgan fingerprint density at radius 2 is 1.35 bits per heavy atom. The second-order valence-corrected chi connectivity index (χ2v) is 6.24. The molecule has 5 aromatic rings. The zero-order valence-electron chi connectivity index (χ0n) is 13.9. The van der Waals surface area contributed by atoms with E-state index in [1.807, 2.05) is 36.4 Å². The number of phenolic OH excluding ortho intramolecular Hbond substituents is 1. The van der Waals surface area contributed by atoms with Gasteiger partial charge in [-0.2, -0.15) is 0 Å². The standard InChI is InChI=1S/C23H15NO.ClH/c25-21-12-6-11-18-22(15-7-2-1-3-8-15)19-13-16-9-4-5-10-17(16)14-20(19)24-23(18)21;/h1-14,25H;1H. The van der Waals surface area contributed by atoms with E-state index in [1.54, 1.807) is 6.07 Å². The van der Waals surface area contributed by atoms with E-state index in [9.17, 15) is 5.11 Å². The van der Waals surface area contributed by atoms with E-state index in [0.29, 0.717) is 5.52 Å². The topological polar surface area (TPSA) is 33.1 Å². The van der Waals surface area contributed by atoms with Gasteiger partial charge in [-0.3, -0.25) is 0 Å². The van der Waals surface area contributed by atoms with Crippen molar-refractivity contribution < 1.29 is 5.11 Å². The minimum atomic E-state index is 0. The maximum Gasteiger partial charge on any atom is 0.141 e. The molecule has 0 aliphatic rings. The molecule has 3 heteroatoms. The van der Waals surface area contributed by atoms with E-state index in [2.05, 4.69) is 42.5 Å². The van der Waals surface area contributed by atoms with Crippen LogP contribution in [0.2, 0.25) is 0 Å². The Balaban J connectivity index is 0.00000168. The van der Waals surface area contributed by atoms with Gasteiger partial charge in [-0.1, -0.05) is 66.7 Å². The number of para-hydroxylation sites is 1. The van der Waals surface area contributed by atoms with Crippen LogP contribution < -0.4 is 0 Å². The van der Waals surface area contributed by atoms with Gasteiger partial charge in [-0.15, -0.1) is 12.4 Å². The summed E-state index contributed by atoms with van der Waals surface area (Å²) in [6.45, 7) is 0. The number of halogens is 1. The molecule has 0 amide bonds. The third-order valence-electron chi connectivity index (χ3n) is 4.71. The number of hydrogen-bond donors (Lipinski definition) is 1. The van der Waals surface area contributed by atoms with Crippen LogP contribution >= 0.6 is 12.4 Å². The lowest BCUT2D eigenvalue weighted by Crippen LogP contribution is -1.90. The number of hydrogen-bond acceptors (Lipinski definition) is 2. The molecule has 126 valence electrons. The van der Waals surface area contributed by atoms with E-state index in [1.165, 1.54) is 5.39 Å². The highest BCUT2D eigenvalue weighted by molar-refractivity contribution is 6.13. The number of fused-ring (bicyclic) bond motifs is 3. The second-order valence-electron chi connectivity index (χ2n) is 6.24.